The monoisotopic (exact) mass is 594 g/mol. The molecule has 0 fully saturated rings. The van der Waals surface area contributed by atoms with E-state index in [0.29, 0.717) is 39.9 Å². The van der Waals surface area contributed by atoms with Gasteiger partial charge in [-0.3, -0.25) is 14.9 Å². The topological polar surface area (TPSA) is 112 Å². The van der Waals surface area contributed by atoms with Gasteiger partial charge >= 0.3 is 0 Å². The maximum Gasteiger partial charge on any atom is 0.258 e. The second-order valence-corrected chi connectivity index (χ2v) is 9.62. The minimum atomic E-state index is -0.454. The van der Waals surface area contributed by atoms with Crippen LogP contribution in [0.3, 0.4) is 0 Å². The molecule has 0 radical (unpaired) electrons. The summed E-state index contributed by atoms with van der Waals surface area (Å²) in [5.74, 6) is 2.39. The third kappa shape index (κ3) is 7.88. The average Bonchev–Trinajstić information content (AvgIpc) is 3.07. The van der Waals surface area contributed by atoms with Crippen LogP contribution < -0.4 is 24.8 Å². The highest BCUT2D eigenvalue weighted by atomic mass is 16.5. The molecule has 0 atom stereocenters. The first-order valence-electron chi connectivity index (χ1n) is 14.0. The van der Waals surface area contributed by atoms with Crippen LogP contribution >= 0.6 is 0 Å². The third-order valence-corrected chi connectivity index (χ3v) is 6.33. The van der Waals surface area contributed by atoms with Gasteiger partial charge in [-0.25, -0.2) is 0 Å². The van der Waals surface area contributed by atoms with Crippen molar-refractivity contribution >= 4 is 23.6 Å². The molecule has 6 rings (SSSR count). The maximum absolute atomic E-state index is 13.1. The lowest BCUT2D eigenvalue weighted by molar-refractivity contribution is 0.101. The average molecular weight is 595 g/mol. The molecule has 1 heterocycles. The first-order valence-corrected chi connectivity index (χ1v) is 14.0. The van der Waals surface area contributed by atoms with Crippen molar-refractivity contribution in [2.45, 2.75) is 0 Å². The molecule has 0 aliphatic carbocycles. The van der Waals surface area contributed by atoms with Gasteiger partial charge in [0.2, 0.25) is 11.8 Å². The molecular formula is C36H26N4O5. The van der Waals surface area contributed by atoms with E-state index in [0.717, 1.165) is 0 Å². The van der Waals surface area contributed by atoms with Crippen molar-refractivity contribution in [3.8, 4) is 34.6 Å². The van der Waals surface area contributed by atoms with Crippen LogP contribution in [0, 0.1) is 0 Å². The standard InChI is InChI=1S/C36H26N4O5/c41-34(25-16-20-30(21-17-25)43-27-10-4-1-5-11-27)37-32-24-33(45-29-14-8-3-9-15-29)39-36(38-32)40-35(42)26-18-22-31(23-19-26)44-28-12-6-2-7-13-28/h1-24H,(H2,37,38,39,40,41,42). The molecule has 0 aliphatic rings. The number of nitrogens with zero attached hydrogens (tertiary/aromatic N) is 2. The zero-order chi connectivity index (χ0) is 30.8. The minimum absolute atomic E-state index is 0.0556. The Morgan fingerprint density at radius 2 is 0.844 bits per heavy atom. The molecule has 1 aromatic heterocycles. The van der Waals surface area contributed by atoms with E-state index >= 15 is 0 Å². The minimum Gasteiger partial charge on any atom is -0.457 e. The molecule has 9 heteroatoms. The molecule has 0 saturated heterocycles. The van der Waals surface area contributed by atoms with Crippen LogP contribution in [0.15, 0.2) is 146 Å². The number of nitrogens with one attached hydrogen (secondary N) is 2. The molecule has 6 aromatic rings. The fourth-order valence-electron chi connectivity index (χ4n) is 4.17. The third-order valence-electron chi connectivity index (χ3n) is 6.33. The maximum atomic E-state index is 13.1. The van der Waals surface area contributed by atoms with Crippen molar-refractivity contribution in [3.05, 3.63) is 157 Å². The second-order valence-electron chi connectivity index (χ2n) is 9.62. The number of benzene rings is 5. The summed E-state index contributed by atoms with van der Waals surface area (Å²) in [5.41, 5.74) is 0.736. The zero-order valence-corrected chi connectivity index (χ0v) is 23.8. The Bertz CT molecular complexity index is 1770. The molecule has 45 heavy (non-hydrogen) atoms. The van der Waals surface area contributed by atoms with Gasteiger partial charge < -0.3 is 19.5 Å². The molecular weight excluding hydrogens is 568 g/mol. The molecule has 9 nitrogen and oxygen atoms in total. The SMILES string of the molecule is O=C(Nc1cc(Oc2ccccc2)nc(NC(=O)c2ccc(Oc3ccccc3)cc2)n1)c1ccc(Oc2ccccc2)cc1. The summed E-state index contributed by atoms with van der Waals surface area (Å²) in [7, 11) is 0. The number of hydrogen-bond acceptors (Lipinski definition) is 7. The number of aromatic nitrogens is 2. The predicted octanol–water partition coefficient (Wildman–Crippen LogP) is 8.36. The van der Waals surface area contributed by atoms with E-state index < -0.39 is 11.8 Å². The van der Waals surface area contributed by atoms with E-state index in [2.05, 4.69) is 20.6 Å². The first-order chi connectivity index (χ1) is 22.1. The molecule has 0 saturated carbocycles. The van der Waals surface area contributed by atoms with Gasteiger partial charge in [-0.2, -0.15) is 9.97 Å². The summed E-state index contributed by atoms with van der Waals surface area (Å²) in [6, 6.07) is 42.5. The van der Waals surface area contributed by atoms with Gasteiger partial charge in [-0.05, 0) is 84.9 Å². The van der Waals surface area contributed by atoms with Crippen molar-refractivity contribution in [1.29, 1.82) is 0 Å². The first kappa shape index (κ1) is 28.6. The van der Waals surface area contributed by atoms with Crippen LogP contribution in [0.2, 0.25) is 0 Å². The van der Waals surface area contributed by atoms with E-state index in [9.17, 15) is 9.59 Å². The smallest absolute Gasteiger partial charge is 0.258 e. The molecule has 5 aromatic carbocycles. The Labute approximate surface area is 259 Å². The van der Waals surface area contributed by atoms with E-state index in [4.69, 9.17) is 14.2 Å². The lowest BCUT2D eigenvalue weighted by Crippen LogP contribution is -2.17. The quantitative estimate of drug-likeness (QED) is 0.164. The highest BCUT2D eigenvalue weighted by molar-refractivity contribution is 6.05. The molecule has 0 spiro atoms. The Morgan fingerprint density at radius 1 is 0.444 bits per heavy atom. The summed E-state index contributed by atoms with van der Waals surface area (Å²) >= 11 is 0. The van der Waals surface area contributed by atoms with Gasteiger partial charge in [0, 0.05) is 17.2 Å². The number of hydrogen-bond donors (Lipinski definition) is 2. The number of anilines is 2. The van der Waals surface area contributed by atoms with Crippen molar-refractivity contribution in [3.63, 3.8) is 0 Å². The number of ether oxygens (including phenoxy) is 3. The Balaban J connectivity index is 1.17. The van der Waals surface area contributed by atoms with Gasteiger partial charge in [-0.15, -0.1) is 0 Å². The van der Waals surface area contributed by atoms with E-state index in [1.54, 1.807) is 60.7 Å². The van der Waals surface area contributed by atoms with Crippen LogP contribution in [-0.2, 0) is 0 Å². The Kier molecular flexibility index (Phi) is 8.69. The Morgan fingerprint density at radius 3 is 1.31 bits per heavy atom. The fraction of sp³-hybridized carbons (Fsp3) is 0. The number of carbonyl (C=O) groups excluding carboxylic acids is 2. The van der Waals surface area contributed by atoms with Crippen LogP contribution in [0.4, 0.5) is 11.8 Å². The summed E-state index contributed by atoms with van der Waals surface area (Å²) in [5, 5.41) is 5.45. The molecule has 220 valence electrons. The van der Waals surface area contributed by atoms with Gasteiger partial charge in [-0.1, -0.05) is 54.6 Å². The molecule has 0 bridgehead atoms. The van der Waals surface area contributed by atoms with E-state index in [1.807, 2.05) is 78.9 Å². The van der Waals surface area contributed by atoms with Gasteiger partial charge in [0.05, 0.1) is 0 Å². The van der Waals surface area contributed by atoms with Gasteiger partial charge in [0.15, 0.2) is 0 Å². The molecule has 0 aliphatic heterocycles. The number of rotatable bonds is 10. The highest BCUT2D eigenvalue weighted by Gasteiger charge is 2.15. The van der Waals surface area contributed by atoms with Crippen molar-refractivity contribution in [2.24, 2.45) is 0 Å². The largest absolute Gasteiger partial charge is 0.457 e. The summed E-state index contributed by atoms with van der Waals surface area (Å²) in [6.07, 6.45) is 0. The number of carbonyl (C=O) groups is 2. The van der Waals surface area contributed by atoms with E-state index in [1.165, 1.54) is 6.07 Å². The fourth-order valence-corrected chi connectivity index (χ4v) is 4.17. The predicted molar refractivity (Wildman–Crippen MR) is 170 cm³/mol. The summed E-state index contributed by atoms with van der Waals surface area (Å²) < 4.78 is 17.5. The number of amides is 2. The summed E-state index contributed by atoms with van der Waals surface area (Å²) in [4.78, 5) is 34.9. The van der Waals surface area contributed by atoms with Gasteiger partial charge in [0.25, 0.3) is 11.8 Å². The van der Waals surface area contributed by atoms with Crippen molar-refractivity contribution in [2.75, 3.05) is 10.6 Å². The number of para-hydroxylation sites is 3. The van der Waals surface area contributed by atoms with Gasteiger partial charge in [0.1, 0.15) is 34.6 Å². The van der Waals surface area contributed by atoms with Crippen molar-refractivity contribution < 1.29 is 23.8 Å². The van der Waals surface area contributed by atoms with E-state index in [-0.39, 0.29) is 17.6 Å². The lowest BCUT2D eigenvalue weighted by Gasteiger charge is -2.12. The zero-order valence-electron chi connectivity index (χ0n) is 23.8. The highest BCUT2D eigenvalue weighted by Crippen LogP contribution is 2.26. The second kappa shape index (κ2) is 13.7. The normalized spacial score (nSPS) is 10.4. The van der Waals surface area contributed by atoms with Crippen LogP contribution in [0.25, 0.3) is 0 Å². The van der Waals surface area contributed by atoms with Crippen molar-refractivity contribution in [1.82, 2.24) is 9.97 Å². The van der Waals surface area contributed by atoms with Crippen LogP contribution in [0.1, 0.15) is 20.7 Å². The summed E-state index contributed by atoms with van der Waals surface area (Å²) in [6.45, 7) is 0. The Hall–Kier alpha value is -6.48. The lowest BCUT2D eigenvalue weighted by atomic mass is 10.2. The molecule has 0 unspecified atom stereocenters. The van der Waals surface area contributed by atoms with Crippen LogP contribution in [0.5, 0.6) is 34.6 Å². The molecule has 2 amide bonds. The molecule has 2 N–H and O–H groups in total. The van der Waals surface area contributed by atoms with Crippen LogP contribution in [-0.4, -0.2) is 21.8 Å².